The van der Waals surface area contributed by atoms with Crippen LogP contribution >= 0.6 is 11.6 Å². The van der Waals surface area contributed by atoms with Crippen molar-refractivity contribution in [3.8, 4) is 39.4 Å². The van der Waals surface area contributed by atoms with Gasteiger partial charge in [-0.3, -0.25) is 0 Å². The SMILES string of the molecule is Oc1cccc(-c2cc(-c3ccc(Cl)cc3)cc(-c3ccccc3)n2)c1. The van der Waals surface area contributed by atoms with Gasteiger partial charge in [-0.05, 0) is 47.5 Å². The molecular weight excluding hydrogens is 342 g/mol. The van der Waals surface area contributed by atoms with Gasteiger partial charge in [0.1, 0.15) is 5.75 Å². The summed E-state index contributed by atoms with van der Waals surface area (Å²) in [7, 11) is 0. The molecule has 126 valence electrons. The van der Waals surface area contributed by atoms with Crippen LogP contribution in [-0.4, -0.2) is 10.1 Å². The van der Waals surface area contributed by atoms with E-state index in [1.165, 1.54) is 0 Å². The first-order chi connectivity index (χ1) is 12.7. The predicted octanol–water partition coefficient (Wildman–Crippen LogP) is 6.44. The molecule has 0 aliphatic carbocycles. The van der Waals surface area contributed by atoms with E-state index in [1.54, 1.807) is 12.1 Å². The van der Waals surface area contributed by atoms with E-state index >= 15 is 0 Å². The average Bonchev–Trinajstić information content (AvgIpc) is 2.69. The number of hydrogen-bond acceptors (Lipinski definition) is 2. The Morgan fingerprint density at radius 1 is 0.577 bits per heavy atom. The molecule has 0 atom stereocenters. The van der Waals surface area contributed by atoms with Crippen LogP contribution < -0.4 is 0 Å². The van der Waals surface area contributed by atoms with Gasteiger partial charge >= 0.3 is 0 Å². The molecule has 3 heteroatoms. The second-order valence-corrected chi connectivity index (χ2v) is 6.49. The molecule has 0 aliphatic heterocycles. The second-order valence-electron chi connectivity index (χ2n) is 6.05. The highest BCUT2D eigenvalue weighted by Crippen LogP contribution is 2.31. The molecule has 2 nitrogen and oxygen atoms in total. The lowest BCUT2D eigenvalue weighted by Gasteiger charge is -2.10. The Kier molecular flexibility index (Phi) is 4.42. The van der Waals surface area contributed by atoms with Crippen LogP contribution in [0.3, 0.4) is 0 Å². The van der Waals surface area contributed by atoms with Crippen LogP contribution in [0, 0.1) is 0 Å². The topological polar surface area (TPSA) is 33.1 Å². The summed E-state index contributed by atoms with van der Waals surface area (Å²) in [6.07, 6.45) is 0. The minimum Gasteiger partial charge on any atom is -0.508 e. The zero-order valence-electron chi connectivity index (χ0n) is 13.9. The number of rotatable bonds is 3. The number of halogens is 1. The van der Waals surface area contributed by atoms with Crippen LogP contribution in [0.1, 0.15) is 0 Å². The van der Waals surface area contributed by atoms with Crippen LogP contribution in [0.4, 0.5) is 0 Å². The first-order valence-electron chi connectivity index (χ1n) is 8.32. The summed E-state index contributed by atoms with van der Waals surface area (Å²) in [5, 5.41) is 10.5. The Hall–Kier alpha value is -3.10. The van der Waals surface area contributed by atoms with Gasteiger partial charge in [-0.1, -0.05) is 66.2 Å². The van der Waals surface area contributed by atoms with E-state index in [0.717, 1.165) is 33.6 Å². The Labute approximate surface area is 157 Å². The van der Waals surface area contributed by atoms with Gasteiger partial charge in [-0.2, -0.15) is 0 Å². The molecule has 0 spiro atoms. The summed E-state index contributed by atoms with van der Waals surface area (Å²) in [6.45, 7) is 0. The van der Waals surface area contributed by atoms with Crippen molar-refractivity contribution >= 4 is 11.6 Å². The third-order valence-corrected chi connectivity index (χ3v) is 4.47. The second kappa shape index (κ2) is 7.03. The standard InChI is InChI=1S/C23H16ClNO/c24-20-11-9-16(10-12-20)19-14-22(17-5-2-1-3-6-17)25-23(15-19)18-7-4-8-21(26)13-18/h1-15,26H. The average molecular weight is 358 g/mol. The highest BCUT2D eigenvalue weighted by Gasteiger charge is 2.09. The van der Waals surface area contributed by atoms with Crippen LogP contribution in [0.2, 0.25) is 5.02 Å². The van der Waals surface area contributed by atoms with Crippen molar-refractivity contribution in [1.82, 2.24) is 4.98 Å². The molecule has 0 aliphatic rings. The molecule has 1 heterocycles. The number of aromatic nitrogens is 1. The summed E-state index contributed by atoms with van der Waals surface area (Å²) < 4.78 is 0. The van der Waals surface area contributed by atoms with Crippen LogP contribution in [0.15, 0.2) is 91.0 Å². The largest absolute Gasteiger partial charge is 0.508 e. The molecule has 0 unspecified atom stereocenters. The van der Waals surface area contributed by atoms with E-state index in [9.17, 15) is 5.11 Å². The van der Waals surface area contributed by atoms with E-state index in [2.05, 4.69) is 6.07 Å². The molecule has 3 aromatic carbocycles. The van der Waals surface area contributed by atoms with Crippen molar-refractivity contribution in [3.05, 3.63) is 96.0 Å². The Balaban J connectivity index is 1.91. The molecule has 0 radical (unpaired) electrons. The highest BCUT2D eigenvalue weighted by atomic mass is 35.5. The Bertz CT molecular complexity index is 1040. The maximum atomic E-state index is 9.84. The normalized spacial score (nSPS) is 10.7. The third-order valence-electron chi connectivity index (χ3n) is 4.21. The molecule has 0 amide bonds. The maximum Gasteiger partial charge on any atom is 0.116 e. The summed E-state index contributed by atoms with van der Waals surface area (Å²) in [4.78, 5) is 4.82. The van der Waals surface area contributed by atoms with Crippen molar-refractivity contribution in [2.24, 2.45) is 0 Å². The lowest BCUT2D eigenvalue weighted by atomic mass is 10.00. The number of hydrogen-bond donors (Lipinski definition) is 1. The van der Waals surface area contributed by atoms with E-state index < -0.39 is 0 Å². The maximum absolute atomic E-state index is 9.84. The minimum absolute atomic E-state index is 0.224. The van der Waals surface area contributed by atoms with E-state index in [-0.39, 0.29) is 5.75 Å². The summed E-state index contributed by atoms with van der Waals surface area (Å²) in [6, 6.07) is 29.1. The van der Waals surface area contributed by atoms with Crippen LogP contribution in [0.5, 0.6) is 5.75 Å². The number of benzene rings is 3. The molecule has 0 saturated heterocycles. The number of phenols is 1. The van der Waals surface area contributed by atoms with Gasteiger partial charge in [0.2, 0.25) is 0 Å². The molecule has 0 saturated carbocycles. The van der Waals surface area contributed by atoms with Gasteiger partial charge in [0, 0.05) is 16.1 Å². The highest BCUT2D eigenvalue weighted by molar-refractivity contribution is 6.30. The van der Waals surface area contributed by atoms with Crippen molar-refractivity contribution in [2.45, 2.75) is 0 Å². The predicted molar refractivity (Wildman–Crippen MR) is 107 cm³/mol. The molecule has 1 N–H and O–H groups in total. The fraction of sp³-hybridized carbons (Fsp3) is 0. The zero-order valence-corrected chi connectivity index (χ0v) is 14.7. The van der Waals surface area contributed by atoms with Gasteiger partial charge in [-0.25, -0.2) is 4.98 Å². The lowest BCUT2D eigenvalue weighted by Crippen LogP contribution is -1.91. The quantitative estimate of drug-likeness (QED) is 0.457. The summed E-state index contributed by atoms with van der Waals surface area (Å²) in [5.74, 6) is 0.224. The van der Waals surface area contributed by atoms with Crippen LogP contribution in [0.25, 0.3) is 33.6 Å². The fourth-order valence-corrected chi connectivity index (χ4v) is 3.04. The Morgan fingerprint density at radius 3 is 1.92 bits per heavy atom. The molecule has 4 aromatic rings. The number of phenolic OH excluding ortho intramolecular Hbond substituents is 1. The summed E-state index contributed by atoms with van der Waals surface area (Å²) in [5.41, 5.74) is 5.73. The minimum atomic E-state index is 0.224. The van der Waals surface area contributed by atoms with Crippen molar-refractivity contribution in [1.29, 1.82) is 0 Å². The summed E-state index contributed by atoms with van der Waals surface area (Å²) >= 11 is 6.03. The van der Waals surface area contributed by atoms with Gasteiger partial charge in [0.05, 0.1) is 11.4 Å². The first-order valence-corrected chi connectivity index (χ1v) is 8.70. The van der Waals surface area contributed by atoms with E-state index in [1.807, 2.05) is 72.8 Å². The number of nitrogens with zero attached hydrogens (tertiary/aromatic N) is 1. The van der Waals surface area contributed by atoms with E-state index in [4.69, 9.17) is 16.6 Å². The smallest absolute Gasteiger partial charge is 0.116 e. The van der Waals surface area contributed by atoms with E-state index in [0.29, 0.717) is 5.02 Å². The number of aromatic hydroxyl groups is 1. The molecule has 0 bridgehead atoms. The first kappa shape index (κ1) is 16.4. The molecule has 26 heavy (non-hydrogen) atoms. The van der Waals surface area contributed by atoms with Crippen LogP contribution in [-0.2, 0) is 0 Å². The molecule has 4 rings (SSSR count). The van der Waals surface area contributed by atoms with Gasteiger partial charge in [-0.15, -0.1) is 0 Å². The van der Waals surface area contributed by atoms with Crippen molar-refractivity contribution < 1.29 is 5.11 Å². The number of pyridine rings is 1. The van der Waals surface area contributed by atoms with Gasteiger partial charge < -0.3 is 5.11 Å². The van der Waals surface area contributed by atoms with Crippen molar-refractivity contribution in [2.75, 3.05) is 0 Å². The third kappa shape index (κ3) is 3.46. The van der Waals surface area contributed by atoms with Crippen molar-refractivity contribution in [3.63, 3.8) is 0 Å². The molecule has 0 fully saturated rings. The lowest BCUT2D eigenvalue weighted by molar-refractivity contribution is 0.475. The molecular formula is C23H16ClNO. The molecule has 1 aromatic heterocycles. The monoisotopic (exact) mass is 357 g/mol. The Morgan fingerprint density at radius 2 is 1.23 bits per heavy atom. The zero-order chi connectivity index (χ0) is 17.9. The fourth-order valence-electron chi connectivity index (χ4n) is 2.91. The van der Waals surface area contributed by atoms with Gasteiger partial charge in [0.15, 0.2) is 0 Å². The van der Waals surface area contributed by atoms with Gasteiger partial charge in [0.25, 0.3) is 0 Å².